The molecule has 7 heterocycles. The summed E-state index contributed by atoms with van der Waals surface area (Å²) in [6, 6.07) is 38.0. The molecule has 25 nitrogen and oxygen atoms in total. The number of fused-ring (bicyclic) bond motifs is 9. The van der Waals surface area contributed by atoms with Crippen molar-refractivity contribution < 1.29 is 35.4 Å². The van der Waals surface area contributed by atoms with Gasteiger partial charge in [-0.15, -0.1) is 0 Å². The van der Waals surface area contributed by atoms with Gasteiger partial charge >= 0.3 is 11.4 Å². The van der Waals surface area contributed by atoms with Gasteiger partial charge in [0.25, 0.3) is 0 Å². The van der Waals surface area contributed by atoms with Gasteiger partial charge in [-0.25, -0.2) is 24.9 Å². The summed E-state index contributed by atoms with van der Waals surface area (Å²) in [6.45, 7) is 23.8. The molecule has 12 aromatic rings. The van der Waals surface area contributed by atoms with E-state index in [4.69, 9.17) is 43.9 Å². The quantitative estimate of drug-likeness (QED) is 0.0265. The van der Waals surface area contributed by atoms with E-state index in [1.54, 1.807) is 90.2 Å². The molecule has 13 N–H and O–H groups in total. The summed E-state index contributed by atoms with van der Waals surface area (Å²) in [7, 11) is 0. The lowest BCUT2D eigenvalue weighted by Gasteiger charge is -2.20. The Kier molecular flexibility index (Phi) is 26.4. The first-order valence-corrected chi connectivity index (χ1v) is 33.8. The van der Waals surface area contributed by atoms with Crippen LogP contribution in [0.25, 0.3) is 76.6 Å². The lowest BCUT2D eigenvalue weighted by molar-refractivity contribution is -0.384. The fourth-order valence-electron chi connectivity index (χ4n) is 10.5. The largest absolute Gasteiger partial charge is 0.396 e. The number of pyridine rings is 5. The van der Waals surface area contributed by atoms with Crippen molar-refractivity contribution in [2.45, 2.75) is 163 Å². The minimum atomic E-state index is -0.960. The van der Waals surface area contributed by atoms with E-state index in [0.717, 1.165) is 111 Å². The fraction of sp³-hybridized carbons (Fsp3) is 0.373. The summed E-state index contributed by atoms with van der Waals surface area (Å²) in [5.41, 5.74) is 22.4. The number of aliphatic hydroxyl groups is 5. The van der Waals surface area contributed by atoms with Crippen molar-refractivity contribution in [3.05, 3.63) is 183 Å². The minimum Gasteiger partial charge on any atom is -0.396 e. The molecule has 0 amide bonds. The number of para-hydroxylation sites is 5. The number of nitrogens with two attached hydrogens (primary N) is 3. The van der Waals surface area contributed by atoms with Crippen LogP contribution in [0, 0.1) is 20.2 Å². The molecule has 0 aliphatic rings. The molecule has 0 unspecified atom stereocenters. The fourth-order valence-corrected chi connectivity index (χ4v) is 10.8. The average molecular weight is 1400 g/mol. The molecule has 0 aliphatic heterocycles. The maximum atomic E-state index is 11.1. The minimum absolute atomic E-state index is 0.0945. The highest BCUT2D eigenvalue weighted by Crippen LogP contribution is 2.35. The molecular weight excluding hydrogens is 1300 g/mol. The third kappa shape index (κ3) is 22.1. The first-order chi connectivity index (χ1) is 47.5. The van der Waals surface area contributed by atoms with Gasteiger partial charge in [-0.3, -0.25) is 30.2 Å². The predicted octanol–water partition coefficient (Wildman–Crippen LogP) is 13.8. The normalized spacial score (nSPS) is 11.8. The highest BCUT2D eigenvalue weighted by molar-refractivity contribution is 6.37. The molecule has 536 valence electrons. The molecule has 12 rings (SSSR count). The Morgan fingerprint density at radius 1 is 0.465 bits per heavy atom. The van der Waals surface area contributed by atoms with E-state index in [0.29, 0.717) is 65.2 Å². The van der Waals surface area contributed by atoms with Crippen LogP contribution in [0.15, 0.2) is 146 Å². The van der Waals surface area contributed by atoms with Crippen LogP contribution in [0.1, 0.15) is 120 Å². The Morgan fingerprint density at radius 3 is 1.31 bits per heavy atom. The molecule has 0 atom stereocenters. The maximum Gasteiger partial charge on any atom is 0.311 e. The molecule has 7 aromatic heterocycles. The number of aromatic nitrogens is 9. The van der Waals surface area contributed by atoms with Crippen LogP contribution in [0.5, 0.6) is 0 Å². The van der Waals surface area contributed by atoms with E-state index in [1.807, 2.05) is 107 Å². The second-order valence-electron chi connectivity index (χ2n) is 27.8. The van der Waals surface area contributed by atoms with E-state index in [9.17, 15) is 40.7 Å². The Morgan fingerprint density at radius 2 is 0.842 bits per heavy atom. The number of unbranched alkanes of at least 4 members (excludes halogenated alkanes) is 2. The van der Waals surface area contributed by atoms with Crippen molar-refractivity contribution in [1.29, 1.82) is 0 Å². The summed E-state index contributed by atoms with van der Waals surface area (Å²) < 4.78 is 4.29. The molecule has 0 spiro atoms. The molecule has 0 fully saturated rings. The van der Waals surface area contributed by atoms with Crippen LogP contribution < -0.4 is 27.8 Å². The van der Waals surface area contributed by atoms with Crippen molar-refractivity contribution in [3.8, 4) is 0 Å². The van der Waals surface area contributed by atoms with Crippen molar-refractivity contribution >= 4 is 122 Å². The molecule has 5 aromatic carbocycles. The van der Waals surface area contributed by atoms with Crippen molar-refractivity contribution in [2.24, 2.45) is 5.73 Å². The lowest BCUT2D eigenvalue weighted by Crippen LogP contribution is -2.29. The zero-order valence-corrected chi connectivity index (χ0v) is 60.3. The van der Waals surface area contributed by atoms with Crippen LogP contribution in [-0.2, 0) is 25.9 Å². The number of halogens is 1. The van der Waals surface area contributed by atoms with E-state index in [-0.39, 0.29) is 22.9 Å². The third-order valence-electron chi connectivity index (χ3n) is 15.4. The first kappa shape index (κ1) is 78.5. The topological polar surface area (TPSA) is 390 Å². The molecule has 26 heteroatoms. The molecule has 0 bridgehead atoms. The number of nitro groups is 2. The second-order valence-corrected chi connectivity index (χ2v) is 28.1. The number of rotatable bonds is 19. The van der Waals surface area contributed by atoms with Gasteiger partial charge < -0.3 is 62.5 Å². The van der Waals surface area contributed by atoms with Crippen molar-refractivity contribution in [1.82, 2.24) is 44.0 Å². The summed E-state index contributed by atoms with van der Waals surface area (Å²) in [5, 5.41) is 81.0. The first-order valence-electron chi connectivity index (χ1n) is 33.4. The predicted molar refractivity (Wildman–Crippen MR) is 407 cm³/mol. The standard InChI is InChI=1S/C18H24N4O.C18H23N3O.C13H15N3O3.C13H17N3O.C9H5ClN2O2.C4H11NO/c1-4-5-10-14-21-15-16(22(14)11-18(2,3)23)12-8-6-7-9-13(12)20-17(15)19;1-4-5-10-16-20-15-11-19-14-9-7-6-8-13(14)17(15)21(16)12-18(2,3)22;1-13(2,17)8-15-12-9-5-3-4-6-10(9)14-7-11(12)16(18)19;1-13(2,17)8-16-12-9-5-3-4-6-11(9)15-7-10(12)14;10-9-6-3-1-2-4-7(6)11-5-8(9)12(13)14;1-4(2,6)3-5/h6-9,23H,4-5,10-11H2,1-3H3,(H2,19,20);6-9,11,22H,4-5,10,12H2,1-3H3;3-7,17H,8H2,1-2H3,(H,14,15);3-7,17H,8,14H2,1-2H3,(H,15,16);1-5H;6H,3,5H2,1-2H3. The van der Waals surface area contributed by atoms with Crippen molar-refractivity contribution in [2.75, 3.05) is 41.7 Å². The van der Waals surface area contributed by atoms with E-state index in [1.165, 1.54) is 12.4 Å². The molecule has 0 saturated heterocycles. The Labute approximate surface area is 592 Å². The number of imidazole rings is 2. The number of aryl methyl sites for hydroxylation is 2. The van der Waals surface area contributed by atoms with Crippen LogP contribution in [0.4, 0.5) is 34.3 Å². The summed E-state index contributed by atoms with van der Waals surface area (Å²) in [4.78, 5) is 51.3. The van der Waals surface area contributed by atoms with Crippen molar-refractivity contribution in [3.63, 3.8) is 0 Å². The Balaban J connectivity index is 0.000000175. The third-order valence-corrected chi connectivity index (χ3v) is 15.8. The number of nitrogen functional groups attached to an aromatic ring is 2. The zero-order chi connectivity index (χ0) is 74.2. The number of nitrogens with zero attached hydrogens (tertiary/aromatic N) is 11. The van der Waals surface area contributed by atoms with Gasteiger partial charge in [0.05, 0.1) is 113 Å². The summed E-state index contributed by atoms with van der Waals surface area (Å²) in [5.74, 6) is 2.46. The Hall–Kier alpha value is -9.86. The van der Waals surface area contributed by atoms with E-state index < -0.39 is 37.9 Å². The second kappa shape index (κ2) is 34.0. The molecule has 0 aliphatic carbocycles. The summed E-state index contributed by atoms with van der Waals surface area (Å²) >= 11 is 5.85. The van der Waals surface area contributed by atoms with Crippen LogP contribution in [-0.4, -0.2) is 127 Å². The highest BCUT2D eigenvalue weighted by Gasteiger charge is 2.25. The van der Waals surface area contributed by atoms with Gasteiger partial charge in [0.2, 0.25) is 0 Å². The Bertz CT molecular complexity index is 4800. The molecule has 0 radical (unpaired) electrons. The SMILES string of the molecule is CC(C)(O)CN.CC(C)(O)CNc1c(N)cnc2ccccc12.CC(C)(O)CNc1c([N+](=O)[O-])cnc2ccccc12.CCCCc1nc2c(N)nc3ccccc3c2n1CC(C)(C)O.CCCCc1nc2cnc3ccccc3c2n1CC(C)(C)O.O=[N+]([O-])c1cnc2ccccc2c1Cl. The number of hydrogen-bond donors (Lipinski definition) is 10. The number of hydrogen-bond acceptors (Lipinski definition) is 21. The van der Waals surface area contributed by atoms with Crippen LogP contribution in [0.2, 0.25) is 5.02 Å². The van der Waals surface area contributed by atoms with Gasteiger partial charge in [-0.1, -0.05) is 129 Å². The monoisotopic (exact) mass is 1400 g/mol. The van der Waals surface area contributed by atoms with E-state index >= 15 is 0 Å². The average Bonchev–Trinajstić information content (AvgIpc) is 1.62. The molecular formula is C75H95ClN16O9. The smallest absolute Gasteiger partial charge is 0.311 e. The van der Waals surface area contributed by atoms with Gasteiger partial charge in [0, 0.05) is 59.4 Å². The lowest BCUT2D eigenvalue weighted by atomic mass is 10.1. The number of benzene rings is 5. The molecule has 0 saturated carbocycles. The number of nitrogens with one attached hydrogen (secondary N) is 2. The highest BCUT2D eigenvalue weighted by atomic mass is 35.5. The van der Waals surface area contributed by atoms with Gasteiger partial charge in [0.15, 0.2) is 5.82 Å². The zero-order valence-electron chi connectivity index (χ0n) is 59.5. The van der Waals surface area contributed by atoms with E-state index in [2.05, 4.69) is 64.6 Å². The van der Waals surface area contributed by atoms with Gasteiger partial charge in [0.1, 0.15) is 45.8 Å². The van der Waals surface area contributed by atoms with Crippen LogP contribution >= 0.6 is 11.6 Å². The van der Waals surface area contributed by atoms with Gasteiger partial charge in [-0.05, 0) is 112 Å². The van der Waals surface area contributed by atoms with Crippen LogP contribution in [0.3, 0.4) is 0 Å². The number of anilines is 4. The molecule has 101 heavy (non-hydrogen) atoms. The van der Waals surface area contributed by atoms with Gasteiger partial charge in [-0.2, -0.15) is 0 Å². The maximum absolute atomic E-state index is 11.1. The summed E-state index contributed by atoms with van der Waals surface area (Å²) in [6.07, 6.45) is 12.1.